The molecule has 0 aromatic heterocycles. The molecule has 0 bridgehead atoms. The van der Waals surface area contributed by atoms with Crippen LogP contribution in [0.1, 0.15) is 39.5 Å². The van der Waals surface area contributed by atoms with Gasteiger partial charge in [0.05, 0.1) is 12.2 Å². The molecule has 1 aliphatic rings. The lowest BCUT2D eigenvalue weighted by atomic mass is 10.1. The first kappa shape index (κ1) is 19.1. The van der Waals surface area contributed by atoms with Crippen LogP contribution in [0.25, 0.3) is 0 Å². The summed E-state index contributed by atoms with van der Waals surface area (Å²) in [5.74, 6) is -0.929. The van der Waals surface area contributed by atoms with Crippen molar-refractivity contribution < 1.29 is 20.1 Å². The van der Waals surface area contributed by atoms with Crippen LogP contribution >= 0.6 is 0 Å². The molecule has 4 nitrogen and oxygen atoms in total. The van der Waals surface area contributed by atoms with Crippen molar-refractivity contribution in [2.75, 3.05) is 0 Å². The van der Waals surface area contributed by atoms with Crippen molar-refractivity contribution in [3.05, 3.63) is 59.3 Å². The fourth-order valence-electron chi connectivity index (χ4n) is 2.32. The van der Waals surface area contributed by atoms with E-state index in [1.54, 1.807) is 13.0 Å². The third-order valence-corrected chi connectivity index (χ3v) is 3.51. The highest BCUT2D eigenvalue weighted by molar-refractivity contribution is 5.80. The highest BCUT2D eigenvalue weighted by atomic mass is 16.4. The lowest BCUT2D eigenvalue weighted by Crippen LogP contribution is -2.13. The SMILES string of the molecule is CC(/C=C/C=C1C=C(/C=C/C(=O)O)CC/1)=C\CC(O)CC(C)O. The summed E-state index contributed by atoms with van der Waals surface area (Å²) in [6.45, 7) is 3.64. The van der Waals surface area contributed by atoms with Crippen molar-refractivity contribution in [2.45, 2.75) is 51.7 Å². The van der Waals surface area contributed by atoms with E-state index < -0.39 is 18.2 Å². The lowest BCUT2D eigenvalue weighted by Gasteiger charge is -2.09. The number of aliphatic hydroxyl groups is 2. The molecule has 0 aromatic rings. The smallest absolute Gasteiger partial charge is 0.328 e. The van der Waals surface area contributed by atoms with Crippen LogP contribution in [0, 0.1) is 0 Å². The lowest BCUT2D eigenvalue weighted by molar-refractivity contribution is -0.131. The minimum absolute atomic E-state index is 0.384. The van der Waals surface area contributed by atoms with Gasteiger partial charge in [0.25, 0.3) is 0 Å². The maximum absolute atomic E-state index is 10.5. The van der Waals surface area contributed by atoms with Crippen LogP contribution in [0.4, 0.5) is 0 Å². The van der Waals surface area contributed by atoms with E-state index in [1.807, 2.05) is 37.3 Å². The molecule has 0 saturated heterocycles. The molecule has 126 valence electrons. The topological polar surface area (TPSA) is 77.8 Å². The number of rotatable bonds is 8. The number of hydrogen-bond donors (Lipinski definition) is 3. The van der Waals surface area contributed by atoms with Crippen molar-refractivity contribution in [1.82, 2.24) is 0 Å². The van der Waals surface area contributed by atoms with Crippen molar-refractivity contribution >= 4 is 5.97 Å². The second kappa shape index (κ2) is 9.98. The highest BCUT2D eigenvalue weighted by Crippen LogP contribution is 2.24. The van der Waals surface area contributed by atoms with Crippen LogP contribution < -0.4 is 0 Å². The van der Waals surface area contributed by atoms with E-state index in [1.165, 1.54) is 5.57 Å². The van der Waals surface area contributed by atoms with Gasteiger partial charge in [-0.05, 0) is 50.7 Å². The average molecular weight is 318 g/mol. The maximum atomic E-state index is 10.5. The molecule has 0 aromatic carbocycles. The zero-order valence-electron chi connectivity index (χ0n) is 13.8. The third kappa shape index (κ3) is 8.96. The van der Waals surface area contributed by atoms with E-state index in [0.29, 0.717) is 12.8 Å². The Kier molecular flexibility index (Phi) is 8.30. The molecule has 4 heteroatoms. The van der Waals surface area contributed by atoms with E-state index in [-0.39, 0.29) is 0 Å². The van der Waals surface area contributed by atoms with Crippen LogP contribution in [0.3, 0.4) is 0 Å². The Morgan fingerprint density at radius 3 is 2.70 bits per heavy atom. The monoisotopic (exact) mass is 318 g/mol. The molecule has 3 N–H and O–H groups in total. The minimum atomic E-state index is -0.929. The molecular weight excluding hydrogens is 292 g/mol. The fraction of sp³-hybridized carbons (Fsp3) is 0.421. The molecule has 2 atom stereocenters. The second-order valence-electron chi connectivity index (χ2n) is 5.91. The van der Waals surface area contributed by atoms with Gasteiger partial charge in [0.1, 0.15) is 0 Å². The van der Waals surface area contributed by atoms with E-state index in [4.69, 9.17) is 5.11 Å². The van der Waals surface area contributed by atoms with Gasteiger partial charge >= 0.3 is 5.97 Å². The van der Waals surface area contributed by atoms with Crippen LogP contribution in [0.15, 0.2) is 59.3 Å². The number of carbonyl (C=O) groups is 1. The quantitative estimate of drug-likeness (QED) is 0.474. The molecule has 0 radical (unpaired) electrons. The Balaban J connectivity index is 2.50. The Morgan fingerprint density at radius 2 is 2.04 bits per heavy atom. The summed E-state index contributed by atoms with van der Waals surface area (Å²) in [4.78, 5) is 10.5. The normalized spacial score (nSPS) is 20.4. The van der Waals surface area contributed by atoms with E-state index in [2.05, 4.69) is 0 Å². The zero-order valence-corrected chi connectivity index (χ0v) is 13.8. The fourth-order valence-corrected chi connectivity index (χ4v) is 2.32. The van der Waals surface area contributed by atoms with Gasteiger partial charge in [-0.15, -0.1) is 0 Å². The van der Waals surface area contributed by atoms with Crippen LogP contribution in [0.2, 0.25) is 0 Å². The summed E-state index contributed by atoms with van der Waals surface area (Å²) < 4.78 is 0. The number of aliphatic hydroxyl groups excluding tert-OH is 2. The van der Waals surface area contributed by atoms with Gasteiger partial charge < -0.3 is 15.3 Å². The first-order valence-electron chi connectivity index (χ1n) is 7.88. The van der Waals surface area contributed by atoms with Crippen molar-refractivity contribution in [2.24, 2.45) is 0 Å². The molecule has 23 heavy (non-hydrogen) atoms. The van der Waals surface area contributed by atoms with Crippen molar-refractivity contribution in [3.8, 4) is 0 Å². The number of aliphatic carboxylic acids is 1. The Hall–Kier alpha value is -1.91. The first-order valence-corrected chi connectivity index (χ1v) is 7.88. The predicted octanol–water partition coefficient (Wildman–Crippen LogP) is 3.30. The molecule has 0 saturated carbocycles. The van der Waals surface area contributed by atoms with Gasteiger partial charge in [0, 0.05) is 6.08 Å². The number of hydrogen-bond acceptors (Lipinski definition) is 3. The summed E-state index contributed by atoms with van der Waals surface area (Å²) in [6.07, 6.45) is 14.4. The molecule has 1 rings (SSSR count). The van der Waals surface area contributed by atoms with Crippen LogP contribution in [-0.4, -0.2) is 33.5 Å². The van der Waals surface area contributed by atoms with E-state index in [0.717, 1.165) is 30.1 Å². The summed E-state index contributed by atoms with van der Waals surface area (Å²) in [7, 11) is 0. The zero-order chi connectivity index (χ0) is 17.2. The maximum Gasteiger partial charge on any atom is 0.328 e. The molecule has 0 heterocycles. The molecular formula is C19H26O4. The van der Waals surface area contributed by atoms with Gasteiger partial charge in [0.15, 0.2) is 0 Å². The molecule has 0 fully saturated rings. The Bertz CT molecular complexity index is 548. The van der Waals surface area contributed by atoms with Gasteiger partial charge in [-0.2, -0.15) is 0 Å². The molecule has 0 spiro atoms. The molecule has 2 unspecified atom stereocenters. The van der Waals surface area contributed by atoms with Crippen LogP contribution in [0.5, 0.6) is 0 Å². The minimum Gasteiger partial charge on any atom is -0.478 e. The van der Waals surface area contributed by atoms with E-state index >= 15 is 0 Å². The number of carboxylic acid groups (broad SMARTS) is 1. The van der Waals surface area contributed by atoms with Gasteiger partial charge in [-0.25, -0.2) is 4.79 Å². The summed E-state index contributed by atoms with van der Waals surface area (Å²) in [5.41, 5.74) is 3.26. The standard InChI is InChI=1S/C19H26O4/c1-14(6-10-18(21)12-15(2)20)4-3-5-16-7-8-17(13-16)9-11-19(22)23/h3-6,9,11,13,15,18,20-21H,7-8,10,12H2,1-2H3,(H,22,23)/b4-3+,11-9+,14-6+,16-5+. The van der Waals surface area contributed by atoms with Gasteiger partial charge in [-0.1, -0.05) is 42.0 Å². The van der Waals surface area contributed by atoms with Crippen LogP contribution in [-0.2, 0) is 4.79 Å². The van der Waals surface area contributed by atoms with Crippen molar-refractivity contribution in [3.63, 3.8) is 0 Å². The Morgan fingerprint density at radius 1 is 1.30 bits per heavy atom. The largest absolute Gasteiger partial charge is 0.478 e. The highest BCUT2D eigenvalue weighted by Gasteiger charge is 2.07. The van der Waals surface area contributed by atoms with E-state index in [9.17, 15) is 15.0 Å². The number of carboxylic acids is 1. The molecule has 1 aliphatic carbocycles. The average Bonchev–Trinajstić information content (AvgIpc) is 2.90. The van der Waals surface area contributed by atoms with Gasteiger partial charge in [0.2, 0.25) is 0 Å². The first-order chi connectivity index (χ1) is 10.9. The molecule has 0 aliphatic heterocycles. The second-order valence-corrected chi connectivity index (χ2v) is 5.91. The summed E-state index contributed by atoms with van der Waals surface area (Å²) in [5, 5.41) is 27.5. The number of allylic oxidation sites excluding steroid dienone is 8. The third-order valence-electron chi connectivity index (χ3n) is 3.51. The molecule has 0 amide bonds. The Labute approximate surface area is 137 Å². The summed E-state index contributed by atoms with van der Waals surface area (Å²) in [6, 6.07) is 0. The summed E-state index contributed by atoms with van der Waals surface area (Å²) >= 11 is 0. The van der Waals surface area contributed by atoms with Crippen molar-refractivity contribution in [1.29, 1.82) is 0 Å². The predicted molar refractivity (Wildman–Crippen MR) is 92.0 cm³/mol. The van der Waals surface area contributed by atoms with Gasteiger partial charge in [-0.3, -0.25) is 0 Å².